The molecule has 0 amide bonds. The van der Waals surface area contributed by atoms with Crippen LogP contribution in [-0.4, -0.2) is 26.5 Å². The third kappa shape index (κ3) is 2.24. The van der Waals surface area contributed by atoms with Crippen molar-refractivity contribution in [1.29, 1.82) is 0 Å². The Morgan fingerprint density at radius 3 is 2.78 bits per heavy atom. The number of hydrogen-bond acceptors (Lipinski definition) is 4. The molecule has 100 valence electrons. The monoisotopic (exact) mass is 269 g/mol. The van der Waals surface area contributed by atoms with Crippen molar-refractivity contribution in [2.45, 2.75) is 31.1 Å². The number of fused-ring (bicyclic) bond motifs is 1. The maximum absolute atomic E-state index is 12.0. The minimum Gasteiger partial charge on any atom is -0.497 e. The molecule has 2 atom stereocenters. The van der Waals surface area contributed by atoms with Gasteiger partial charge in [-0.25, -0.2) is 8.42 Å². The number of benzene rings is 1. The number of sulfone groups is 1. The lowest BCUT2D eigenvalue weighted by Crippen LogP contribution is -2.38. The number of hydrogen-bond donors (Lipinski definition) is 1. The smallest absolute Gasteiger partial charge is 0.154 e. The summed E-state index contributed by atoms with van der Waals surface area (Å²) in [6.45, 7) is 1.67. The van der Waals surface area contributed by atoms with Crippen molar-refractivity contribution < 1.29 is 13.2 Å². The van der Waals surface area contributed by atoms with Crippen LogP contribution in [0.1, 0.15) is 30.5 Å². The number of aryl methyl sites for hydroxylation is 1. The fourth-order valence-electron chi connectivity index (χ4n) is 2.55. The molecule has 1 aromatic rings. The summed E-state index contributed by atoms with van der Waals surface area (Å²) >= 11 is 0. The highest BCUT2D eigenvalue weighted by atomic mass is 32.2. The highest BCUT2D eigenvalue weighted by molar-refractivity contribution is 7.92. The van der Waals surface area contributed by atoms with Crippen molar-refractivity contribution in [3.63, 3.8) is 0 Å². The largest absolute Gasteiger partial charge is 0.497 e. The third-order valence-corrected chi connectivity index (χ3v) is 5.93. The molecule has 0 aliphatic heterocycles. The molecule has 0 saturated heterocycles. The van der Waals surface area contributed by atoms with Crippen LogP contribution in [0.15, 0.2) is 18.2 Å². The molecule has 0 bridgehead atoms. The van der Waals surface area contributed by atoms with Crippen molar-refractivity contribution in [3.8, 4) is 5.75 Å². The molecule has 1 aromatic carbocycles. The van der Waals surface area contributed by atoms with Crippen LogP contribution in [-0.2, 0) is 16.3 Å². The molecule has 18 heavy (non-hydrogen) atoms. The van der Waals surface area contributed by atoms with E-state index in [0.717, 1.165) is 23.3 Å². The Bertz CT molecular complexity index is 539. The molecule has 1 aliphatic carbocycles. The van der Waals surface area contributed by atoms with E-state index in [4.69, 9.17) is 10.5 Å². The van der Waals surface area contributed by atoms with Crippen LogP contribution in [0.25, 0.3) is 0 Å². The van der Waals surface area contributed by atoms with E-state index in [1.165, 1.54) is 0 Å². The van der Waals surface area contributed by atoms with E-state index in [1.54, 1.807) is 14.0 Å². The molecule has 2 N–H and O–H groups in total. The summed E-state index contributed by atoms with van der Waals surface area (Å²) in [6, 6.07) is 5.24. The number of methoxy groups -OCH3 is 1. The van der Waals surface area contributed by atoms with Gasteiger partial charge in [-0.3, -0.25) is 0 Å². The second kappa shape index (κ2) is 4.90. The van der Waals surface area contributed by atoms with Crippen LogP contribution in [0.2, 0.25) is 0 Å². The molecular formula is C13H19NO3S. The standard InChI is InChI=1S/C13H19NO3S/c1-3-18(15,16)12-7-4-9-8-10(17-2)5-6-11(9)13(12)14/h5-6,8,12-13H,3-4,7,14H2,1-2H3. The Balaban J connectivity index is 2.37. The second-order valence-corrected chi connectivity index (χ2v) is 7.13. The highest BCUT2D eigenvalue weighted by Gasteiger charge is 2.35. The number of nitrogens with two attached hydrogens (primary N) is 1. The maximum atomic E-state index is 12.0. The molecule has 1 aliphatic rings. The van der Waals surface area contributed by atoms with Crippen LogP contribution >= 0.6 is 0 Å². The zero-order chi connectivity index (χ0) is 13.3. The second-order valence-electron chi connectivity index (χ2n) is 4.62. The minimum absolute atomic E-state index is 0.150. The van der Waals surface area contributed by atoms with E-state index < -0.39 is 21.1 Å². The van der Waals surface area contributed by atoms with Crippen LogP contribution in [0, 0.1) is 0 Å². The van der Waals surface area contributed by atoms with Gasteiger partial charge in [-0.1, -0.05) is 13.0 Å². The average Bonchev–Trinajstić information content (AvgIpc) is 2.38. The fraction of sp³-hybridized carbons (Fsp3) is 0.538. The molecule has 0 heterocycles. The molecular weight excluding hydrogens is 250 g/mol. The quantitative estimate of drug-likeness (QED) is 0.901. The van der Waals surface area contributed by atoms with Crippen LogP contribution in [0.5, 0.6) is 5.75 Å². The van der Waals surface area contributed by atoms with Crippen molar-refractivity contribution in [2.24, 2.45) is 5.73 Å². The lowest BCUT2D eigenvalue weighted by Gasteiger charge is -2.30. The van der Waals surface area contributed by atoms with Crippen LogP contribution < -0.4 is 10.5 Å². The van der Waals surface area contributed by atoms with Gasteiger partial charge >= 0.3 is 0 Å². The van der Waals surface area contributed by atoms with Gasteiger partial charge in [0.2, 0.25) is 0 Å². The van der Waals surface area contributed by atoms with Gasteiger partial charge < -0.3 is 10.5 Å². The minimum atomic E-state index is -3.09. The van der Waals surface area contributed by atoms with E-state index >= 15 is 0 Å². The molecule has 0 radical (unpaired) electrons. The predicted molar refractivity (Wildman–Crippen MR) is 71.5 cm³/mol. The molecule has 2 unspecified atom stereocenters. The lowest BCUT2D eigenvalue weighted by molar-refractivity contribution is 0.413. The van der Waals surface area contributed by atoms with E-state index in [-0.39, 0.29) is 5.75 Å². The van der Waals surface area contributed by atoms with Crippen LogP contribution in [0.3, 0.4) is 0 Å². The van der Waals surface area contributed by atoms with Gasteiger partial charge in [0.25, 0.3) is 0 Å². The zero-order valence-corrected chi connectivity index (χ0v) is 11.5. The van der Waals surface area contributed by atoms with Gasteiger partial charge in [-0.05, 0) is 36.1 Å². The molecule has 0 saturated carbocycles. The topological polar surface area (TPSA) is 69.4 Å². The van der Waals surface area contributed by atoms with Gasteiger partial charge in [0.05, 0.1) is 12.4 Å². The first-order chi connectivity index (χ1) is 8.49. The molecule has 4 nitrogen and oxygen atoms in total. The summed E-state index contributed by atoms with van der Waals surface area (Å²) in [7, 11) is -1.47. The lowest BCUT2D eigenvalue weighted by atomic mass is 9.87. The highest BCUT2D eigenvalue weighted by Crippen LogP contribution is 2.34. The zero-order valence-electron chi connectivity index (χ0n) is 10.7. The molecule has 5 heteroatoms. The first-order valence-electron chi connectivity index (χ1n) is 6.13. The SMILES string of the molecule is CCS(=O)(=O)C1CCc2cc(OC)ccc2C1N. The van der Waals surface area contributed by atoms with Crippen molar-refractivity contribution >= 4 is 9.84 Å². The van der Waals surface area contributed by atoms with Crippen LogP contribution in [0.4, 0.5) is 0 Å². The molecule has 0 aromatic heterocycles. The Morgan fingerprint density at radius 1 is 1.44 bits per heavy atom. The summed E-state index contributed by atoms with van der Waals surface area (Å²) in [6.07, 6.45) is 1.33. The predicted octanol–water partition coefficient (Wildman–Crippen LogP) is 1.44. The van der Waals surface area contributed by atoms with Crippen molar-refractivity contribution in [1.82, 2.24) is 0 Å². The Hall–Kier alpha value is -1.07. The van der Waals surface area contributed by atoms with E-state index in [2.05, 4.69) is 0 Å². The normalized spacial score (nSPS) is 23.5. The number of ether oxygens (including phenoxy) is 1. The first kappa shape index (κ1) is 13.4. The van der Waals surface area contributed by atoms with E-state index in [1.807, 2.05) is 18.2 Å². The van der Waals surface area contributed by atoms with E-state index in [0.29, 0.717) is 6.42 Å². The summed E-state index contributed by atoms with van der Waals surface area (Å²) < 4.78 is 29.2. The first-order valence-corrected chi connectivity index (χ1v) is 7.85. The Kier molecular flexibility index (Phi) is 3.64. The fourth-order valence-corrected chi connectivity index (χ4v) is 4.04. The number of rotatable bonds is 3. The molecule has 0 fully saturated rings. The third-order valence-electron chi connectivity index (χ3n) is 3.67. The molecule has 2 rings (SSSR count). The van der Waals surface area contributed by atoms with Crippen molar-refractivity contribution in [2.75, 3.05) is 12.9 Å². The van der Waals surface area contributed by atoms with E-state index in [9.17, 15) is 8.42 Å². The summed E-state index contributed by atoms with van der Waals surface area (Å²) in [4.78, 5) is 0. The van der Waals surface area contributed by atoms with Crippen molar-refractivity contribution in [3.05, 3.63) is 29.3 Å². The van der Waals surface area contributed by atoms with Gasteiger partial charge in [0.15, 0.2) is 9.84 Å². The van der Waals surface area contributed by atoms with Gasteiger partial charge in [0, 0.05) is 11.8 Å². The van der Waals surface area contributed by atoms with Gasteiger partial charge in [-0.2, -0.15) is 0 Å². The summed E-state index contributed by atoms with van der Waals surface area (Å²) in [5.41, 5.74) is 8.16. The van der Waals surface area contributed by atoms with Gasteiger partial charge in [0.1, 0.15) is 5.75 Å². The summed E-state index contributed by atoms with van der Waals surface area (Å²) in [5, 5.41) is -0.455. The van der Waals surface area contributed by atoms with Gasteiger partial charge in [-0.15, -0.1) is 0 Å². The molecule has 0 spiro atoms. The Morgan fingerprint density at radius 2 is 2.17 bits per heavy atom. The summed E-state index contributed by atoms with van der Waals surface area (Å²) in [5.74, 6) is 0.939. The maximum Gasteiger partial charge on any atom is 0.154 e. The average molecular weight is 269 g/mol. The Labute approximate surface area is 108 Å².